The van der Waals surface area contributed by atoms with Gasteiger partial charge in [-0.05, 0) is 30.3 Å². The number of benzene rings is 1. The average Bonchev–Trinajstić information content (AvgIpc) is 2.45. The highest BCUT2D eigenvalue weighted by Crippen LogP contribution is 2.28. The normalized spacial score (nSPS) is 12.3. The first kappa shape index (κ1) is 17.2. The maximum atomic E-state index is 12.8. The van der Waals surface area contributed by atoms with Crippen LogP contribution in [0.2, 0.25) is 0 Å². The highest BCUT2D eigenvalue weighted by molar-refractivity contribution is 7.91. The van der Waals surface area contributed by atoms with Crippen molar-refractivity contribution in [2.24, 2.45) is 0 Å². The van der Waals surface area contributed by atoms with Crippen molar-refractivity contribution in [3.05, 3.63) is 64.3 Å². The van der Waals surface area contributed by atoms with E-state index in [-0.39, 0.29) is 4.90 Å². The van der Waals surface area contributed by atoms with Gasteiger partial charge in [0.2, 0.25) is 0 Å². The predicted octanol–water partition coefficient (Wildman–Crippen LogP) is 2.48. The number of rotatable bonds is 4. The van der Waals surface area contributed by atoms with E-state index in [2.05, 4.69) is 0 Å². The van der Waals surface area contributed by atoms with Crippen molar-refractivity contribution < 1.29 is 26.0 Å². The lowest BCUT2D eigenvalue weighted by molar-refractivity contribution is -0.138. The van der Waals surface area contributed by atoms with E-state index in [4.69, 9.17) is 0 Å². The third-order valence-corrected chi connectivity index (χ3v) is 4.79. The average molecular weight is 349 g/mol. The van der Waals surface area contributed by atoms with Crippen LogP contribution < -0.4 is 5.56 Å². The fraction of sp³-hybridized carbons (Fsp3) is 0.214. The van der Waals surface area contributed by atoms with Gasteiger partial charge in [-0.25, -0.2) is 12.8 Å². The molecular weight excluding hydrogens is 338 g/mol. The maximum absolute atomic E-state index is 12.8. The van der Waals surface area contributed by atoms with E-state index < -0.39 is 45.3 Å². The van der Waals surface area contributed by atoms with Gasteiger partial charge in [0.15, 0.2) is 9.84 Å². The molecule has 0 spiro atoms. The molecule has 2 rings (SSSR count). The Labute approximate surface area is 128 Å². The van der Waals surface area contributed by atoms with Crippen LogP contribution in [0, 0.1) is 5.82 Å². The van der Waals surface area contributed by atoms with Crippen molar-refractivity contribution in [2.75, 3.05) is 5.75 Å². The minimum atomic E-state index is -4.63. The molecule has 0 fully saturated rings. The smallest absolute Gasteiger partial charge is 0.314 e. The number of sulfone groups is 1. The Bertz CT molecular complexity index is 855. The molecule has 0 aliphatic heterocycles. The summed E-state index contributed by atoms with van der Waals surface area (Å²) in [4.78, 5) is 11.4. The Morgan fingerprint density at radius 1 is 1.00 bits per heavy atom. The highest BCUT2D eigenvalue weighted by atomic mass is 32.2. The van der Waals surface area contributed by atoms with Crippen LogP contribution in [0.3, 0.4) is 0 Å². The summed E-state index contributed by atoms with van der Waals surface area (Å²) in [5, 5.41) is 0. The van der Waals surface area contributed by atoms with Crippen LogP contribution in [0.5, 0.6) is 0 Å². The van der Waals surface area contributed by atoms with Crippen molar-refractivity contribution in [3.63, 3.8) is 0 Å². The van der Waals surface area contributed by atoms with Gasteiger partial charge in [0.1, 0.15) is 5.82 Å². The summed E-state index contributed by atoms with van der Waals surface area (Å²) in [5.74, 6) is -1.20. The highest BCUT2D eigenvalue weighted by Gasteiger charge is 2.31. The van der Waals surface area contributed by atoms with Crippen molar-refractivity contribution in [1.82, 2.24) is 4.57 Å². The number of alkyl halides is 3. The monoisotopic (exact) mass is 349 g/mol. The molecule has 0 radical (unpaired) electrons. The number of halogens is 4. The van der Waals surface area contributed by atoms with E-state index in [1.165, 1.54) is 0 Å². The van der Waals surface area contributed by atoms with Gasteiger partial charge in [0, 0.05) is 18.8 Å². The van der Waals surface area contributed by atoms with Gasteiger partial charge in [-0.2, -0.15) is 13.2 Å². The number of hydrogen-bond acceptors (Lipinski definition) is 3. The standard InChI is InChI=1S/C14H11F4NO3S/c15-11-2-4-12(5-3-11)23(21,22)8-7-19-9-10(14(16,17)18)1-6-13(19)20/h1-6,9H,7-8H2. The summed E-state index contributed by atoms with van der Waals surface area (Å²) in [6.45, 7) is -0.442. The molecule has 9 heteroatoms. The summed E-state index contributed by atoms with van der Waals surface area (Å²) in [6.07, 6.45) is -4.06. The van der Waals surface area contributed by atoms with Gasteiger partial charge >= 0.3 is 6.18 Å². The van der Waals surface area contributed by atoms with E-state index >= 15 is 0 Å². The van der Waals surface area contributed by atoms with Crippen LogP contribution in [0.4, 0.5) is 17.6 Å². The summed E-state index contributed by atoms with van der Waals surface area (Å²) in [5.41, 5.74) is -1.79. The van der Waals surface area contributed by atoms with Gasteiger partial charge < -0.3 is 4.57 Å². The molecule has 2 aromatic rings. The summed E-state index contributed by atoms with van der Waals surface area (Å²) < 4.78 is 75.4. The molecule has 0 N–H and O–H groups in total. The molecule has 0 atom stereocenters. The van der Waals surface area contributed by atoms with Crippen molar-refractivity contribution in [3.8, 4) is 0 Å². The fourth-order valence-electron chi connectivity index (χ4n) is 1.85. The van der Waals surface area contributed by atoms with Gasteiger partial charge in [0.25, 0.3) is 5.56 Å². The second-order valence-corrected chi connectivity index (χ2v) is 6.83. The minimum absolute atomic E-state index is 0.168. The Balaban J connectivity index is 2.23. The van der Waals surface area contributed by atoms with Crippen molar-refractivity contribution in [2.45, 2.75) is 17.6 Å². The molecular formula is C14H11F4NO3S. The third-order valence-electron chi connectivity index (χ3n) is 3.08. The Kier molecular flexibility index (Phi) is 4.60. The summed E-state index contributed by atoms with van der Waals surface area (Å²) in [6, 6.07) is 5.40. The van der Waals surface area contributed by atoms with E-state index in [0.29, 0.717) is 16.8 Å². The van der Waals surface area contributed by atoms with Gasteiger partial charge in [-0.3, -0.25) is 4.79 Å². The zero-order valence-electron chi connectivity index (χ0n) is 11.5. The lowest BCUT2D eigenvalue weighted by atomic mass is 10.3. The molecule has 0 saturated carbocycles. The second-order valence-electron chi connectivity index (χ2n) is 4.72. The van der Waals surface area contributed by atoms with Gasteiger partial charge in [-0.1, -0.05) is 0 Å². The quantitative estimate of drug-likeness (QED) is 0.629. The zero-order chi connectivity index (χ0) is 17.3. The molecule has 0 aliphatic rings. The first-order chi connectivity index (χ1) is 10.6. The Morgan fingerprint density at radius 3 is 2.17 bits per heavy atom. The molecule has 1 aromatic heterocycles. The number of aryl methyl sites for hydroxylation is 1. The molecule has 0 aliphatic carbocycles. The maximum Gasteiger partial charge on any atom is 0.417 e. The van der Waals surface area contributed by atoms with Crippen molar-refractivity contribution in [1.29, 1.82) is 0 Å². The molecule has 4 nitrogen and oxygen atoms in total. The largest absolute Gasteiger partial charge is 0.417 e. The van der Waals surface area contributed by atoms with E-state index in [1.807, 2.05) is 0 Å². The Morgan fingerprint density at radius 2 is 1.61 bits per heavy atom. The van der Waals surface area contributed by atoms with E-state index in [1.54, 1.807) is 0 Å². The van der Waals surface area contributed by atoms with Crippen LogP contribution >= 0.6 is 0 Å². The Hall–Kier alpha value is -2.16. The first-order valence-corrected chi connectivity index (χ1v) is 8.01. The van der Waals surface area contributed by atoms with Crippen LogP contribution in [-0.2, 0) is 22.6 Å². The molecule has 0 unspecified atom stereocenters. The van der Waals surface area contributed by atoms with E-state index in [9.17, 15) is 30.8 Å². The molecule has 23 heavy (non-hydrogen) atoms. The van der Waals surface area contributed by atoms with Gasteiger partial charge in [0.05, 0.1) is 16.2 Å². The van der Waals surface area contributed by atoms with Crippen LogP contribution in [0.25, 0.3) is 0 Å². The number of nitrogens with zero attached hydrogens (tertiary/aromatic N) is 1. The number of aromatic nitrogens is 1. The van der Waals surface area contributed by atoms with Crippen LogP contribution in [0.1, 0.15) is 5.56 Å². The first-order valence-electron chi connectivity index (χ1n) is 6.35. The molecule has 1 heterocycles. The number of hydrogen-bond donors (Lipinski definition) is 0. The topological polar surface area (TPSA) is 56.1 Å². The number of pyridine rings is 1. The molecule has 0 saturated heterocycles. The third kappa shape index (κ3) is 4.19. The van der Waals surface area contributed by atoms with Gasteiger partial charge in [-0.15, -0.1) is 0 Å². The molecule has 124 valence electrons. The SMILES string of the molecule is O=c1ccc(C(F)(F)F)cn1CCS(=O)(=O)c1ccc(F)cc1. The molecule has 0 amide bonds. The van der Waals surface area contributed by atoms with Crippen LogP contribution in [0.15, 0.2) is 52.3 Å². The predicted molar refractivity (Wildman–Crippen MR) is 74.2 cm³/mol. The molecule has 0 bridgehead atoms. The zero-order valence-corrected chi connectivity index (χ0v) is 12.4. The summed E-state index contributed by atoms with van der Waals surface area (Å²) in [7, 11) is -3.85. The van der Waals surface area contributed by atoms with E-state index in [0.717, 1.165) is 30.3 Å². The second kappa shape index (κ2) is 6.15. The summed E-state index contributed by atoms with van der Waals surface area (Å²) >= 11 is 0. The minimum Gasteiger partial charge on any atom is -0.314 e. The molecule has 1 aromatic carbocycles. The van der Waals surface area contributed by atoms with Crippen LogP contribution in [-0.4, -0.2) is 18.7 Å². The lowest BCUT2D eigenvalue weighted by Crippen LogP contribution is -2.25. The fourth-order valence-corrected chi connectivity index (χ4v) is 3.08. The lowest BCUT2D eigenvalue weighted by Gasteiger charge is -2.11. The van der Waals surface area contributed by atoms with Crippen molar-refractivity contribution >= 4 is 9.84 Å².